The zero-order valence-corrected chi connectivity index (χ0v) is 8.42. The van der Waals surface area contributed by atoms with Crippen LogP contribution < -0.4 is 0 Å². The predicted octanol–water partition coefficient (Wildman–Crippen LogP) is 3.42. The molecule has 0 spiro atoms. The molecule has 0 atom stereocenters. The average molecular weight is 253 g/mol. The highest BCUT2D eigenvalue weighted by Crippen LogP contribution is 2.35. The Kier molecular flexibility index (Phi) is 3.36. The molecule has 0 bridgehead atoms. The first kappa shape index (κ1) is 13.4. The van der Waals surface area contributed by atoms with Gasteiger partial charge in [-0.15, -0.1) is 0 Å². The fourth-order valence-corrected chi connectivity index (χ4v) is 1.30. The first-order valence-electron chi connectivity index (χ1n) is 4.31. The van der Waals surface area contributed by atoms with Crippen LogP contribution in [0.1, 0.15) is 18.1 Å². The van der Waals surface area contributed by atoms with E-state index in [0.29, 0.717) is 0 Å². The Balaban J connectivity index is 3.66. The molecule has 0 aliphatic rings. The molecule has 0 fully saturated rings. The molecule has 1 aromatic rings. The molecule has 0 N–H and O–H groups in total. The van der Waals surface area contributed by atoms with Gasteiger partial charge in [0, 0.05) is 12.5 Å². The van der Waals surface area contributed by atoms with E-state index >= 15 is 0 Å². The van der Waals surface area contributed by atoms with E-state index < -0.39 is 46.7 Å². The van der Waals surface area contributed by atoms with Crippen LogP contribution in [0, 0.1) is 34.6 Å². The van der Waals surface area contributed by atoms with E-state index in [9.17, 15) is 26.3 Å². The molecular formula is C10H5F6N. The molecule has 0 heterocycles. The summed E-state index contributed by atoms with van der Waals surface area (Å²) in [6, 6.07) is 1.28. The van der Waals surface area contributed by atoms with Crippen LogP contribution in [-0.2, 0) is 12.3 Å². The van der Waals surface area contributed by atoms with Gasteiger partial charge < -0.3 is 0 Å². The molecule has 1 nitrogen and oxygen atoms in total. The van der Waals surface area contributed by atoms with E-state index in [4.69, 9.17) is 5.26 Å². The zero-order chi connectivity index (χ0) is 13.4. The summed E-state index contributed by atoms with van der Waals surface area (Å²) in [7, 11) is 0. The Morgan fingerprint density at radius 2 is 1.41 bits per heavy atom. The molecule has 7 heteroatoms. The van der Waals surface area contributed by atoms with Gasteiger partial charge in [0.15, 0.2) is 23.3 Å². The van der Waals surface area contributed by atoms with E-state index in [1.54, 1.807) is 0 Å². The van der Waals surface area contributed by atoms with E-state index in [1.807, 2.05) is 0 Å². The number of nitriles is 1. The van der Waals surface area contributed by atoms with Gasteiger partial charge in [-0.25, -0.2) is 26.3 Å². The van der Waals surface area contributed by atoms with Crippen LogP contribution in [0.15, 0.2) is 0 Å². The highest BCUT2D eigenvalue weighted by molar-refractivity contribution is 5.33. The van der Waals surface area contributed by atoms with Gasteiger partial charge in [0.1, 0.15) is 0 Å². The largest absolute Gasteiger partial charge is 0.276 e. The summed E-state index contributed by atoms with van der Waals surface area (Å²) in [4.78, 5) is 0. The van der Waals surface area contributed by atoms with Gasteiger partial charge in [-0.3, -0.25) is 0 Å². The number of benzene rings is 1. The van der Waals surface area contributed by atoms with E-state index in [2.05, 4.69) is 0 Å². The van der Waals surface area contributed by atoms with Crippen LogP contribution in [-0.4, -0.2) is 0 Å². The maximum atomic E-state index is 13.2. The van der Waals surface area contributed by atoms with Gasteiger partial charge in [0.05, 0.1) is 18.1 Å². The fourth-order valence-electron chi connectivity index (χ4n) is 1.30. The molecule has 0 unspecified atom stereocenters. The Bertz CT molecular complexity index is 468. The normalized spacial score (nSPS) is 11.4. The molecule has 1 rings (SSSR count). The van der Waals surface area contributed by atoms with Crippen molar-refractivity contribution in [3.05, 3.63) is 34.4 Å². The topological polar surface area (TPSA) is 23.8 Å². The monoisotopic (exact) mass is 253 g/mol. The van der Waals surface area contributed by atoms with Gasteiger partial charge in [-0.2, -0.15) is 5.26 Å². The molecule has 0 aliphatic heterocycles. The van der Waals surface area contributed by atoms with Crippen molar-refractivity contribution in [1.29, 1.82) is 5.26 Å². The Hall–Kier alpha value is -1.71. The first-order chi connectivity index (χ1) is 7.71. The summed E-state index contributed by atoms with van der Waals surface area (Å²) in [5.41, 5.74) is -3.18. The molecule has 0 aliphatic carbocycles. The van der Waals surface area contributed by atoms with Crippen molar-refractivity contribution in [3.8, 4) is 6.07 Å². The quantitative estimate of drug-likeness (QED) is 0.585. The fraction of sp³-hybridized carbons (Fsp3) is 0.300. The lowest BCUT2D eigenvalue weighted by molar-refractivity contribution is 0.00818. The third-order valence-electron chi connectivity index (χ3n) is 2.05. The Morgan fingerprint density at radius 3 is 1.71 bits per heavy atom. The number of nitrogens with zero attached hydrogens (tertiary/aromatic N) is 1. The minimum Gasteiger partial charge on any atom is -0.203 e. The maximum absolute atomic E-state index is 13.2. The molecule has 0 saturated carbocycles. The Labute approximate surface area is 92.3 Å². The van der Waals surface area contributed by atoms with Crippen LogP contribution in [0.5, 0.6) is 0 Å². The van der Waals surface area contributed by atoms with Crippen molar-refractivity contribution >= 4 is 0 Å². The highest BCUT2D eigenvalue weighted by atomic mass is 19.3. The predicted molar refractivity (Wildman–Crippen MR) is 45.2 cm³/mol. The van der Waals surface area contributed by atoms with Crippen LogP contribution in [0.4, 0.5) is 26.3 Å². The second-order valence-corrected chi connectivity index (χ2v) is 3.33. The molecule has 92 valence electrons. The van der Waals surface area contributed by atoms with Crippen LogP contribution in [0.3, 0.4) is 0 Å². The number of rotatable bonds is 2. The number of alkyl halides is 2. The number of hydrogen-bond acceptors (Lipinski definition) is 1. The third-order valence-corrected chi connectivity index (χ3v) is 2.05. The minimum atomic E-state index is -4.07. The summed E-state index contributed by atoms with van der Waals surface area (Å²) in [6.07, 6.45) is -0.957. The second-order valence-electron chi connectivity index (χ2n) is 3.33. The minimum absolute atomic E-state index is 0.108. The zero-order valence-electron chi connectivity index (χ0n) is 8.42. The first-order valence-corrected chi connectivity index (χ1v) is 4.31. The van der Waals surface area contributed by atoms with Crippen LogP contribution in [0.2, 0.25) is 0 Å². The summed E-state index contributed by atoms with van der Waals surface area (Å²) in [6.45, 7) is 0.108. The molecular weight excluding hydrogens is 248 g/mol. The van der Waals surface area contributed by atoms with Crippen molar-refractivity contribution < 1.29 is 26.3 Å². The molecule has 0 radical (unpaired) electrons. The van der Waals surface area contributed by atoms with E-state index in [-0.39, 0.29) is 6.92 Å². The van der Waals surface area contributed by atoms with Crippen molar-refractivity contribution in [3.63, 3.8) is 0 Å². The number of hydrogen-bond donors (Lipinski definition) is 0. The third kappa shape index (κ3) is 2.20. The Morgan fingerprint density at radius 1 is 1.00 bits per heavy atom. The summed E-state index contributed by atoms with van der Waals surface area (Å²) < 4.78 is 78.2. The lowest BCUT2D eigenvalue weighted by atomic mass is 10.0. The van der Waals surface area contributed by atoms with Crippen molar-refractivity contribution in [1.82, 2.24) is 0 Å². The van der Waals surface area contributed by atoms with Gasteiger partial charge in [-0.05, 0) is 0 Å². The summed E-state index contributed by atoms with van der Waals surface area (Å²) in [5, 5.41) is 8.20. The summed E-state index contributed by atoms with van der Waals surface area (Å²) >= 11 is 0. The molecule has 17 heavy (non-hydrogen) atoms. The van der Waals surface area contributed by atoms with E-state index in [0.717, 1.165) is 0 Å². The van der Waals surface area contributed by atoms with Gasteiger partial charge in [0.25, 0.3) is 5.92 Å². The maximum Gasteiger partial charge on any atom is 0.276 e. The van der Waals surface area contributed by atoms with E-state index in [1.165, 1.54) is 6.07 Å². The summed E-state index contributed by atoms with van der Waals surface area (Å²) in [5.74, 6) is -12.4. The molecule has 0 saturated heterocycles. The smallest absolute Gasteiger partial charge is 0.203 e. The van der Waals surface area contributed by atoms with Gasteiger partial charge in [-0.1, -0.05) is 0 Å². The van der Waals surface area contributed by atoms with Gasteiger partial charge >= 0.3 is 0 Å². The number of halogens is 6. The van der Waals surface area contributed by atoms with Crippen LogP contribution >= 0.6 is 0 Å². The molecule has 0 amide bonds. The van der Waals surface area contributed by atoms with Crippen molar-refractivity contribution in [2.45, 2.75) is 19.3 Å². The standard InChI is InChI=1S/C10H5F6N/c1-10(15,16)5-8(13)6(11)4(2-3-17)7(12)9(5)14/h2H2,1H3. The molecule has 1 aromatic carbocycles. The average Bonchev–Trinajstić information content (AvgIpc) is 2.20. The van der Waals surface area contributed by atoms with Crippen LogP contribution in [0.25, 0.3) is 0 Å². The van der Waals surface area contributed by atoms with Crippen molar-refractivity contribution in [2.75, 3.05) is 0 Å². The molecule has 0 aromatic heterocycles. The second kappa shape index (κ2) is 4.28. The van der Waals surface area contributed by atoms with Gasteiger partial charge in [0.2, 0.25) is 0 Å². The lowest BCUT2D eigenvalue weighted by Gasteiger charge is -2.15. The lowest BCUT2D eigenvalue weighted by Crippen LogP contribution is -2.18. The SMILES string of the molecule is CC(F)(F)c1c(F)c(F)c(CC#N)c(F)c1F. The van der Waals surface area contributed by atoms with Crippen molar-refractivity contribution in [2.24, 2.45) is 0 Å². The highest BCUT2D eigenvalue weighted by Gasteiger charge is 2.37.